The third kappa shape index (κ3) is 17.7. The summed E-state index contributed by atoms with van der Waals surface area (Å²) in [6.45, 7) is 3.00. The third-order valence-corrected chi connectivity index (χ3v) is 1.01. The molecular weight excluding hydrogens is 148 g/mol. The van der Waals surface area contributed by atoms with Gasteiger partial charge in [-0.05, 0) is 13.3 Å². The van der Waals surface area contributed by atoms with Crippen molar-refractivity contribution in [2.45, 2.75) is 32.5 Å². The first-order valence-corrected chi connectivity index (χ1v) is 3.66. The van der Waals surface area contributed by atoms with Crippen molar-refractivity contribution in [2.24, 2.45) is 0 Å². The molecule has 70 valence electrons. The molecule has 0 aromatic carbocycles. The average molecular weight is 166 g/mol. The molecule has 0 fully saturated rings. The molecule has 0 aliphatic carbocycles. The number of aliphatic hydroxyl groups excluding tert-OH is 4. The lowest BCUT2D eigenvalue weighted by Crippen LogP contribution is -2.15. The van der Waals surface area contributed by atoms with E-state index >= 15 is 0 Å². The lowest BCUT2D eigenvalue weighted by molar-refractivity contribution is 0.0450. The van der Waals surface area contributed by atoms with E-state index in [-0.39, 0.29) is 19.3 Å². The second-order valence-corrected chi connectivity index (χ2v) is 2.28. The van der Waals surface area contributed by atoms with Crippen molar-refractivity contribution >= 4 is 0 Å². The molecule has 1 unspecified atom stereocenters. The van der Waals surface area contributed by atoms with Gasteiger partial charge in [-0.25, -0.2) is 0 Å². The summed E-state index contributed by atoms with van der Waals surface area (Å²) >= 11 is 0. The summed E-state index contributed by atoms with van der Waals surface area (Å²) in [5.41, 5.74) is 0. The van der Waals surface area contributed by atoms with Crippen LogP contribution < -0.4 is 0 Å². The van der Waals surface area contributed by atoms with Gasteiger partial charge in [0.05, 0.1) is 19.3 Å². The van der Waals surface area contributed by atoms with Gasteiger partial charge in [-0.1, -0.05) is 6.92 Å². The minimum Gasteiger partial charge on any atom is -0.394 e. The van der Waals surface area contributed by atoms with Crippen LogP contribution >= 0.6 is 0 Å². The Bertz CT molecular complexity index is 61.5. The Labute approximate surface area is 67.1 Å². The molecule has 4 heteroatoms. The number of hydrogen-bond donors (Lipinski definition) is 4. The van der Waals surface area contributed by atoms with E-state index in [4.69, 9.17) is 20.4 Å². The second kappa shape index (κ2) is 9.84. The smallest absolute Gasteiger partial charge is 0.100 e. The van der Waals surface area contributed by atoms with Gasteiger partial charge >= 0.3 is 0 Å². The van der Waals surface area contributed by atoms with Crippen LogP contribution in [0.5, 0.6) is 0 Å². The van der Waals surface area contributed by atoms with Gasteiger partial charge in [0, 0.05) is 0 Å². The van der Waals surface area contributed by atoms with Crippen LogP contribution in [0.25, 0.3) is 0 Å². The highest BCUT2D eigenvalue weighted by Gasteiger charge is 1.93. The standard InChI is InChI=1S/C4H10O.C3H8O3/c1-3-4(2)5;4-1-3(6)2-5/h4-5H,3H2,1-2H3;3-6H,1-2H2. The van der Waals surface area contributed by atoms with Crippen LogP contribution in [0, 0.1) is 0 Å². The maximum Gasteiger partial charge on any atom is 0.100 e. The molecule has 4 nitrogen and oxygen atoms in total. The predicted octanol–water partition coefficient (Wildman–Crippen LogP) is -0.891. The van der Waals surface area contributed by atoms with Crippen LogP contribution in [0.3, 0.4) is 0 Å². The number of hydrogen-bond acceptors (Lipinski definition) is 4. The fourth-order valence-electron chi connectivity index (χ4n) is 0.0577. The molecule has 0 aromatic rings. The minimum absolute atomic E-state index is 0.116. The molecule has 0 heterocycles. The largest absolute Gasteiger partial charge is 0.394 e. The highest BCUT2D eigenvalue weighted by molar-refractivity contribution is 4.44. The van der Waals surface area contributed by atoms with Gasteiger partial charge < -0.3 is 20.4 Å². The van der Waals surface area contributed by atoms with Crippen molar-refractivity contribution in [3.05, 3.63) is 0 Å². The molecule has 0 saturated carbocycles. The molecular formula is C7H18O4. The number of aliphatic hydroxyl groups is 4. The van der Waals surface area contributed by atoms with Crippen molar-refractivity contribution in [1.29, 1.82) is 0 Å². The molecule has 1 atom stereocenters. The summed E-state index contributed by atoms with van der Waals surface area (Å²) in [6.07, 6.45) is -0.208. The Morgan fingerprint density at radius 3 is 1.36 bits per heavy atom. The summed E-state index contributed by atoms with van der Waals surface area (Å²) in [5.74, 6) is 0. The number of rotatable bonds is 3. The van der Waals surface area contributed by atoms with E-state index in [1.54, 1.807) is 6.92 Å². The molecule has 0 saturated heterocycles. The Morgan fingerprint density at radius 2 is 1.36 bits per heavy atom. The highest BCUT2D eigenvalue weighted by atomic mass is 16.3. The van der Waals surface area contributed by atoms with Crippen molar-refractivity contribution in [3.63, 3.8) is 0 Å². The quantitative estimate of drug-likeness (QED) is 0.438. The fourth-order valence-corrected chi connectivity index (χ4v) is 0.0577. The van der Waals surface area contributed by atoms with Gasteiger partial charge in [0.25, 0.3) is 0 Å². The summed E-state index contributed by atoms with van der Waals surface area (Å²) in [7, 11) is 0. The molecule has 0 aromatic heterocycles. The molecule has 4 N–H and O–H groups in total. The minimum atomic E-state index is -0.954. The highest BCUT2D eigenvalue weighted by Crippen LogP contribution is 1.81. The van der Waals surface area contributed by atoms with E-state index in [9.17, 15) is 0 Å². The first-order valence-electron chi connectivity index (χ1n) is 3.66. The third-order valence-electron chi connectivity index (χ3n) is 1.01. The summed E-state index contributed by atoms with van der Waals surface area (Å²) < 4.78 is 0. The SMILES string of the molecule is CCC(C)O.OCC(O)CO. The fraction of sp³-hybridized carbons (Fsp3) is 1.00. The van der Waals surface area contributed by atoms with Crippen LogP contribution in [0.15, 0.2) is 0 Å². The van der Waals surface area contributed by atoms with Gasteiger partial charge in [0.1, 0.15) is 6.10 Å². The summed E-state index contributed by atoms with van der Waals surface area (Å²) in [4.78, 5) is 0. The van der Waals surface area contributed by atoms with E-state index in [1.165, 1.54) is 0 Å². The Morgan fingerprint density at radius 1 is 1.09 bits per heavy atom. The molecule has 0 aliphatic heterocycles. The van der Waals surface area contributed by atoms with Crippen LogP contribution in [0.2, 0.25) is 0 Å². The van der Waals surface area contributed by atoms with E-state index in [0.717, 1.165) is 6.42 Å². The lowest BCUT2D eigenvalue weighted by atomic mass is 10.3. The zero-order chi connectivity index (χ0) is 9.28. The second-order valence-electron chi connectivity index (χ2n) is 2.28. The Balaban J connectivity index is 0. The van der Waals surface area contributed by atoms with Crippen LogP contribution in [-0.2, 0) is 0 Å². The summed E-state index contributed by atoms with van der Waals surface area (Å²) in [6, 6.07) is 0. The molecule has 0 rings (SSSR count). The zero-order valence-electron chi connectivity index (χ0n) is 7.06. The maximum atomic E-state index is 8.36. The first kappa shape index (κ1) is 13.4. The van der Waals surface area contributed by atoms with Crippen LogP contribution in [0.1, 0.15) is 20.3 Å². The molecule has 0 radical (unpaired) electrons. The van der Waals surface area contributed by atoms with Gasteiger partial charge in [0.15, 0.2) is 0 Å². The normalized spacial score (nSPS) is 12.3. The van der Waals surface area contributed by atoms with E-state index in [0.29, 0.717) is 0 Å². The van der Waals surface area contributed by atoms with E-state index in [2.05, 4.69) is 0 Å². The molecule has 0 aliphatic rings. The first-order chi connectivity index (χ1) is 5.08. The predicted molar refractivity (Wildman–Crippen MR) is 42.2 cm³/mol. The van der Waals surface area contributed by atoms with E-state index < -0.39 is 6.10 Å². The van der Waals surface area contributed by atoms with Gasteiger partial charge in [-0.3, -0.25) is 0 Å². The monoisotopic (exact) mass is 166 g/mol. The lowest BCUT2D eigenvalue weighted by Gasteiger charge is -1.96. The van der Waals surface area contributed by atoms with Gasteiger partial charge in [0.2, 0.25) is 0 Å². The Hall–Kier alpha value is -0.160. The van der Waals surface area contributed by atoms with E-state index in [1.807, 2.05) is 6.92 Å². The summed E-state index contributed by atoms with van der Waals surface area (Å²) in [5, 5.41) is 32.4. The van der Waals surface area contributed by atoms with Gasteiger partial charge in [-0.2, -0.15) is 0 Å². The van der Waals surface area contributed by atoms with Crippen molar-refractivity contribution in [2.75, 3.05) is 13.2 Å². The van der Waals surface area contributed by atoms with Crippen molar-refractivity contribution in [1.82, 2.24) is 0 Å². The molecule has 0 amide bonds. The average Bonchev–Trinajstić information content (AvgIpc) is 2.04. The molecule has 0 bridgehead atoms. The Kier molecular flexibility index (Phi) is 12.0. The van der Waals surface area contributed by atoms with Crippen molar-refractivity contribution in [3.8, 4) is 0 Å². The molecule has 11 heavy (non-hydrogen) atoms. The maximum absolute atomic E-state index is 8.36. The van der Waals surface area contributed by atoms with Crippen LogP contribution in [0.4, 0.5) is 0 Å². The van der Waals surface area contributed by atoms with Crippen molar-refractivity contribution < 1.29 is 20.4 Å². The van der Waals surface area contributed by atoms with Gasteiger partial charge in [-0.15, -0.1) is 0 Å². The van der Waals surface area contributed by atoms with Crippen LogP contribution in [-0.4, -0.2) is 45.8 Å². The topological polar surface area (TPSA) is 80.9 Å². The zero-order valence-corrected chi connectivity index (χ0v) is 7.06. The molecule has 0 spiro atoms.